The van der Waals surface area contributed by atoms with Crippen LogP contribution in [0.3, 0.4) is 0 Å². The molecule has 37 heavy (non-hydrogen) atoms. The summed E-state index contributed by atoms with van der Waals surface area (Å²) >= 11 is 4.82. The maximum Gasteiger partial charge on any atom is 0.294 e. The molecule has 5 aromatic rings. The van der Waals surface area contributed by atoms with Crippen molar-refractivity contribution in [3.63, 3.8) is 0 Å². The first-order valence-electron chi connectivity index (χ1n) is 11.4. The van der Waals surface area contributed by atoms with E-state index >= 15 is 0 Å². The molecule has 2 aromatic heterocycles. The standard InChI is InChI=1S/C29H18BrNO5S/c30-18-8-13-22-17(15-18)16-23(36-22)27(32)25-26(24-7-4-14-37-24)31(29(34)28(25)33)19-9-11-21(12-10-19)35-20-5-2-1-3-6-20/h1-16,26,33H. The maximum absolute atomic E-state index is 13.7. The normalized spacial score (nSPS) is 15.5. The molecule has 1 atom stereocenters. The number of rotatable bonds is 6. The predicted octanol–water partition coefficient (Wildman–Crippen LogP) is 7.83. The zero-order valence-electron chi connectivity index (χ0n) is 19.1. The molecule has 0 aliphatic carbocycles. The van der Waals surface area contributed by atoms with Crippen LogP contribution in [-0.2, 0) is 4.79 Å². The van der Waals surface area contributed by atoms with E-state index in [0.29, 0.717) is 22.8 Å². The minimum absolute atomic E-state index is 0.0183. The summed E-state index contributed by atoms with van der Waals surface area (Å²) in [7, 11) is 0. The van der Waals surface area contributed by atoms with E-state index in [0.717, 1.165) is 14.7 Å². The van der Waals surface area contributed by atoms with E-state index in [4.69, 9.17) is 9.15 Å². The zero-order chi connectivity index (χ0) is 25.5. The van der Waals surface area contributed by atoms with Gasteiger partial charge in [-0.3, -0.25) is 14.5 Å². The molecule has 0 bridgehead atoms. The number of aliphatic hydroxyl groups excluding tert-OH is 1. The van der Waals surface area contributed by atoms with E-state index in [9.17, 15) is 14.7 Å². The fourth-order valence-corrected chi connectivity index (χ4v) is 5.58. The smallest absolute Gasteiger partial charge is 0.294 e. The van der Waals surface area contributed by atoms with E-state index in [1.54, 1.807) is 36.4 Å². The highest BCUT2D eigenvalue weighted by Crippen LogP contribution is 2.44. The van der Waals surface area contributed by atoms with Crippen LogP contribution in [-0.4, -0.2) is 16.8 Å². The van der Waals surface area contributed by atoms with Crippen molar-refractivity contribution in [2.75, 3.05) is 4.90 Å². The third-order valence-corrected chi connectivity index (χ3v) is 7.48. The van der Waals surface area contributed by atoms with E-state index < -0.39 is 23.5 Å². The lowest BCUT2D eigenvalue weighted by molar-refractivity contribution is -0.117. The summed E-state index contributed by atoms with van der Waals surface area (Å²) in [6.45, 7) is 0. The zero-order valence-corrected chi connectivity index (χ0v) is 21.5. The number of fused-ring (bicyclic) bond motifs is 1. The van der Waals surface area contributed by atoms with Crippen molar-refractivity contribution in [3.8, 4) is 11.5 Å². The minimum Gasteiger partial charge on any atom is -0.503 e. The molecule has 0 spiro atoms. The Labute approximate surface area is 224 Å². The van der Waals surface area contributed by atoms with Gasteiger partial charge >= 0.3 is 0 Å². The molecule has 1 aliphatic heterocycles. The molecule has 0 radical (unpaired) electrons. The monoisotopic (exact) mass is 571 g/mol. The Bertz CT molecular complexity index is 1660. The number of carbonyl (C=O) groups excluding carboxylic acids is 2. The van der Waals surface area contributed by atoms with Gasteiger partial charge in [0.2, 0.25) is 5.78 Å². The van der Waals surface area contributed by atoms with Gasteiger partial charge in [-0.25, -0.2) is 0 Å². The lowest BCUT2D eigenvalue weighted by Gasteiger charge is -2.25. The molecule has 1 N–H and O–H groups in total. The van der Waals surface area contributed by atoms with Crippen LogP contribution in [0.15, 0.2) is 117 Å². The fraction of sp³-hybridized carbons (Fsp3) is 0.0345. The molecule has 0 fully saturated rings. The second kappa shape index (κ2) is 9.38. The number of furan rings is 1. The van der Waals surface area contributed by atoms with E-state index in [-0.39, 0.29) is 11.3 Å². The number of nitrogens with zero attached hydrogens (tertiary/aromatic N) is 1. The number of thiophene rings is 1. The van der Waals surface area contributed by atoms with Crippen LogP contribution in [0.4, 0.5) is 5.69 Å². The number of para-hydroxylation sites is 1. The summed E-state index contributed by atoms with van der Waals surface area (Å²) < 4.78 is 12.5. The molecule has 1 amide bonds. The second-order valence-electron chi connectivity index (χ2n) is 8.39. The molecular formula is C29H18BrNO5S. The van der Waals surface area contributed by atoms with Crippen LogP contribution in [0.5, 0.6) is 11.5 Å². The van der Waals surface area contributed by atoms with Gasteiger partial charge in [-0.05, 0) is 72.1 Å². The van der Waals surface area contributed by atoms with Crippen molar-refractivity contribution in [2.24, 2.45) is 0 Å². The topological polar surface area (TPSA) is 80.0 Å². The third kappa shape index (κ3) is 4.24. The Balaban J connectivity index is 1.37. The Morgan fingerprint density at radius 1 is 0.946 bits per heavy atom. The van der Waals surface area contributed by atoms with Crippen molar-refractivity contribution in [1.29, 1.82) is 0 Å². The number of ether oxygens (including phenoxy) is 1. The molecule has 182 valence electrons. The molecule has 6 rings (SSSR count). The van der Waals surface area contributed by atoms with Crippen molar-refractivity contribution in [1.82, 2.24) is 0 Å². The van der Waals surface area contributed by atoms with Crippen LogP contribution in [0, 0.1) is 0 Å². The molecule has 0 saturated carbocycles. The highest BCUT2D eigenvalue weighted by molar-refractivity contribution is 9.10. The Hall–Kier alpha value is -4.14. The molecule has 1 unspecified atom stereocenters. The fourth-order valence-electron chi connectivity index (χ4n) is 4.38. The number of hydrogen-bond acceptors (Lipinski definition) is 6. The van der Waals surface area contributed by atoms with Gasteiger partial charge in [0.1, 0.15) is 23.1 Å². The number of hydrogen-bond donors (Lipinski definition) is 1. The van der Waals surface area contributed by atoms with Crippen LogP contribution >= 0.6 is 27.3 Å². The van der Waals surface area contributed by atoms with E-state index in [1.807, 2.05) is 60.0 Å². The Kier molecular flexibility index (Phi) is 5.90. The average Bonchev–Trinajstić information content (AvgIpc) is 3.64. The van der Waals surface area contributed by atoms with Gasteiger partial charge < -0.3 is 14.3 Å². The Morgan fingerprint density at radius 2 is 1.70 bits per heavy atom. The number of ketones is 1. The first kappa shape index (κ1) is 23.3. The van der Waals surface area contributed by atoms with Crippen LogP contribution < -0.4 is 9.64 Å². The summed E-state index contributed by atoms with van der Waals surface area (Å²) in [6, 6.07) is 26.2. The average molecular weight is 572 g/mol. The minimum atomic E-state index is -0.805. The van der Waals surface area contributed by atoms with Crippen molar-refractivity contribution >= 4 is 55.6 Å². The van der Waals surface area contributed by atoms with Gasteiger partial charge in [0, 0.05) is 20.4 Å². The van der Waals surface area contributed by atoms with Crippen LogP contribution in [0.1, 0.15) is 21.5 Å². The van der Waals surface area contributed by atoms with Crippen molar-refractivity contribution in [2.45, 2.75) is 6.04 Å². The van der Waals surface area contributed by atoms with Crippen LogP contribution in [0.2, 0.25) is 0 Å². The molecule has 6 nitrogen and oxygen atoms in total. The highest BCUT2D eigenvalue weighted by Gasteiger charge is 2.45. The van der Waals surface area contributed by atoms with E-state index in [2.05, 4.69) is 15.9 Å². The van der Waals surface area contributed by atoms with Gasteiger partial charge in [-0.15, -0.1) is 11.3 Å². The molecular weight excluding hydrogens is 554 g/mol. The lowest BCUT2D eigenvalue weighted by atomic mass is 10.00. The lowest BCUT2D eigenvalue weighted by Crippen LogP contribution is -2.30. The third-order valence-electron chi connectivity index (χ3n) is 6.06. The van der Waals surface area contributed by atoms with Gasteiger partial charge in [-0.1, -0.05) is 40.2 Å². The number of amides is 1. The summed E-state index contributed by atoms with van der Waals surface area (Å²) in [5, 5.41) is 13.6. The Morgan fingerprint density at radius 3 is 2.43 bits per heavy atom. The van der Waals surface area contributed by atoms with Crippen LogP contribution in [0.25, 0.3) is 11.0 Å². The summed E-state index contributed by atoms with van der Waals surface area (Å²) in [5.74, 6) is -0.447. The number of Topliss-reactive ketones (excluding diaryl/α,β-unsaturated/α-hetero) is 1. The molecule has 1 aliphatic rings. The first-order chi connectivity index (χ1) is 18.0. The summed E-state index contributed by atoms with van der Waals surface area (Å²) in [6.07, 6.45) is 0. The number of aliphatic hydroxyl groups is 1. The maximum atomic E-state index is 13.7. The highest BCUT2D eigenvalue weighted by atomic mass is 79.9. The molecule has 8 heteroatoms. The first-order valence-corrected chi connectivity index (χ1v) is 13.0. The van der Waals surface area contributed by atoms with Crippen molar-refractivity contribution in [3.05, 3.63) is 123 Å². The number of benzene rings is 3. The van der Waals surface area contributed by atoms with Gasteiger partial charge in [0.25, 0.3) is 5.91 Å². The predicted molar refractivity (Wildman–Crippen MR) is 145 cm³/mol. The second-order valence-corrected chi connectivity index (χ2v) is 10.3. The molecule has 0 saturated heterocycles. The quantitative estimate of drug-likeness (QED) is 0.210. The van der Waals surface area contributed by atoms with Crippen molar-refractivity contribution < 1.29 is 23.8 Å². The summed E-state index contributed by atoms with van der Waals surface area (Å²) in [4.78, 5) is 29.2. The number of halogens is 1. The number of anilines is 1. The number of carbonyl (C=O) groups is 2. The van der Waals surface area contributed by atoms with Gasteiger partial charge in [0.15, 0.2) is 11.5 Å². The van der Waals surface area contributed by atoms with Gasteiger partial charge in [0.05, 0.1) is 5.57 Å². The largest absolute Gasteiger partial charge is 0.503 e. The van der Waals surface area contributed by atoms with E-state index in [1.165, 1.54) is 16.2 Å². The summed E-state index contributed by atoms with van der Waals surface area (Å²) in [5.41, 5.74) is 1.04. The van der Waals surface area contributed by atoms with Gasteiger partial charge in [-0.2, -0.15) is 0 Å². The molecule has 3 heterocycles. The SMILES string of the molecule is O=C(C1=C(O)C(=O)N(c2ccc(Oc3ccccc3)cc2)C1c1cccs1)c1cc2cc(Br)ccc2o1. The molecule has 3 aromatic carbocycles.